The Kier molecular flexibility index (Phi) is 9.12. The van der Waals surface area contributed by atoms with Crippen molar-refractivity contribution in [2.24, 2.45) is 0 Å². The molecule has 5 aromatic rings. The van der Waals surface area contributed by atoms with Gasteiger partial charge < -0.3 is 14.8 Å². The molecular weight excluding hydrogens is 602 g/mol. The first-order chi connectivity index (χ1) is 21.2. The number of carbonyl (C=O) groups is 2. The van der Waals surface area contributed by atoms with Gasteiger partial charge in [0.15, 0.2) is 6.61 Å². The number of para-hydroxylation sites is 2. The number of amides is 1. The van der Waals surface area contributed by atoms with Gasteiger partial charge in [0.25, 0.3) is 15.9 Å². The number of ether oxygens (including phenoxy) is 2. The van der Waals surface area contributed by atoms with Crippen LogP contribution >= 0.6 is 11.6 Å². The SMILES string of the molecule is CCN(c1ccccc1)S(=O)(=O)c1ccc(Cl)c(NC(=O)COC(=O)c2cc(-c3ccc(OC)cc3)nc3ccccc23)c1. The van der Waals surface area contributed by atoms with Crippen molar-refractivity contribution in [3.8, 4) is 17.0 Å². The largest absolute Gasteiger partial charge is 0.497 e. The van der Waals surface area contributed by atoms with E-state index in [4.69, 9.17) is 21.1 Å². The van der Waals surface area contributed by atoms with Gasteiger partial charge in [0.1, 0.15) is 5.75 Å². The average molecular weight is 630 g/mol. The molecule has 0 aliphatic rings. The van der Waals surface area contributed by atoms with Crippen molar-refractivity contribution in [2.45, 2.75) is 11.8 Å². The van der Waals surface area contributed by atoms with E-state index in [1.165, 1.54) is 22.5 Å². The Bertz CT molecular complexity index is 1930. The molecule has 1 aromatic heterocycles. The fourth-order valence-corrected chi connectivity index (χ4v) is 6.29. The lowest BCUT2D eigenvalue weighted by Crippen LogP contribution is -2.30. The van der Waals surface area contributed by atoms with E-state index in [9.17, 15) is 18.0 Å². The summed E-state index contributed by atoms with van der Waals surface area (Å²) in [6, 6.07) is 28.7. The van der Waals surface area contributed by atoms with Gasteiger partial charge in [-0.25, -0.2) is 18.2 Å². The van der Waals surface area contributed by atoms with E-state index in [0.29, 0.717) is 28.0 Å². The molecule has 0 saturated carbocycles. The number of carbonyl (C=O) groups excluding carboxylic acids is 2. The summed E-state index contributed by atoms with van der Waals surface area (Å²) >= 11 is 6.29. The number of pyridine rings is 1. The van der Waals surface area contributed by atoms with Crippen LogP contribution in [0.5, 0.6) is 5.75 Å². The molecule has 0 unspecified atom stereocenters. The minimum Gasteiger partial charge on any atom is -0.497 e. The molecule has 0 spiro atoms. The van der Waals surface area contributed by atoms with E-state index in [1.807, 2.05) is 18.2 Å². The summed E-state index contributed by atoms with van der Waals surface area (Å²) in [4.78, 5) is 30.7. The second kappa shape index (κ2) is 13.2. The molecule has 0 bridgehead atoms. The average Bonchev–Trinajstić information content (AvgIpc) is 3.04. The predicted octanol–water partition coefficient (Wildman–Crippen LogP) is 6.57. The minimum absolute atomic E-state index is 0.0609. The number of rotatable bonds is 10. The van der Waals surface area contributed by atoms with Crippen molar-refractivity contribution in [3.63, 3.8) is 0 Å². The van der Waals surface area contributed by atoms with Gasteiger partial charge in [0.05, 0.1) is 45.2 Å². The number of aromatic nitrogens is 1. The predicted molar refractivity (Wildman–Crippen MR) is 171 cm³/mol. The third kappa shape index (κ3) is 6.51. The van der Waals surface area contributed by atoms with E-state index in [1.54, 1.807) is 80.8 Å². The maximum absolute atomic E-state index is 13.4. The van der Waals surface area contributed by atoms with Gasteiger partial charge in [0, 0.05) is 17.5 Å². The zero-order chi connectivity index (χ0) is 31.3. The van der Waals surface area contributed by atoms with Crippen LogP contribution in [-0.2, 0) is 19.6 Å². The van der Waals surface area contributed by atoms with Gasteiger partial charge in [-0.3, -0.25) is 9.10 Å². The highest BCUT2D eigenvalue weighted by atomic mass is 35.5. The molecule has 0 saturated heterocycles. The Balaban J connectivity index is 1.33. The Morgan fingerprint density at radius 1 is 0.909 bits per heavy atom. The third-order valence-electron chi connectivity index (χ3n) is 6.79. The van der Waals surface area contributed by atoms with Crippen LogP contribution in [0, 0.1) is 0 Å². The van der Waals surface area contributed by atoms with Crippen LogP contribution in [0.2, 0.25) is 5.02 Å². The number of esters is 1. The molecule has 0 aliphatic carbocycles. The zero-order valence-electron chi connectivity index (χ0n) is 23.9. The first kappa shape index (κ1) is 30.5. The third-order valence-corrected chi connectivity index (χ3v) is 9.02. The number of hydrogen-bond acceptors (Lipinski definition) is 7. The van der Waals surface area contributed by atoms with Crippen LogP contribution in [-0.4, -0.2) is 45.5 Å². The molecule has 9 nitrogen and oxygen atoms in total. The second-order valence-corrected chi connectivity index (χ2v) is 11.8. The number of sulfonamides is 1. The molecule has 0 aliphatic heterocycles. The minimum atomic E-state index is -3.97. The summed E-state index contributed by atoms with van der Waals surface area (Å²) in [7, 11) is -2.39. The second-order valence-electron chi connectivity index (χ2n) is 9.57. The molecule has 11 heteroatoms. The number of fused-ring (bicyclic) bond motifs is 1. The first-order valence-corrected chi connectivity index (χ1v) is 15.4. The van der Waals surface area contributed by atoms with E-state index < -0.39 is 28.5 Å². The number of anilines is 2. The number of nitrogens with zero attached hydrogens (tertiary/aromatic N) is 2. The number of methoxy groups -OCH3 is 1. The van der Waals surface area contributed by atoms with Crippen LogP contribution in [0.4, 0.5) is 11.4 Å². The Hall–Kier alpha value is -4.93. The number of nitrogens with one attached hydrogen (secondary N) is 1. The molecule has 44 heavy (non-hydrogen) atoms. The zero-order valence-corrected chi connectivity index (χ0v) is 25.4. The van der Waals surface area contributed by atoms with Crippen LogP contribution in [0.25, 0.3) is 22.2 Å². The van der Waals surface area contributed by atoms with Crippen molar-refractivity contribution in [3.05, 3.63) is 114 Å². The van der Waals surface area contributed by atoms with E-state index in [0.717, 1.165) is 5.56 Å². The fourth-order valence-electron chi connectivity index (χ4n) is 4.62. The van der Waals surface area contributed by atoms with Crippen molar-refractivity contribution >= 4 is 55.8 Å². The molecular formula is C33H28ClN3O6S. The van der Waals surface area contributed by atoms with Crippen molar-refractivity contribution in [1.29, 1.82) is 0 Å². The summed E-state index contributed by atoms with van der Waals surface area (Å²) in [5, 5.41) is 3.24. The highest BCUT2D eigenvalue weighted by molar-refractivity contribution is 7.92. The summed E-state index contributed by atoms with van der Waals surface area (Å²) in [5.41, 5.74) is 2.70. The van der Waals surface area contributed by atoms with Crippen LogP contribution in [0.15, 0.2) is 108 Å². The summed E-state index contributed by atoms with van der Waals surface area (Å²) in [6.45, 7) is 1.28. The Morgan fingerprint density at radius 2 is 1.61 bits per heavy atom. The molecule has 5 rings (SSSR count). The van der Waals surface area contributed by atoms with Gasteiger partial charge in [-0.05, 0) is 73.7 Å². The maximum Gasteiger partial charge on any atom is 0.339 e. The number of benzene rings is 4. The van der Waals surface area contributed by atoms with Crippen LogP contribution in [0.1, 0.15) is 17.3 Å². The lowest BCUT2D eigenvalue weighted by molar-refractivity contribution is -0.119. The fraction of sp³-hybridized carbons (Fsp3) is 0.121. The lowest BCUT2D eigenvalue weighted by atomic mass is 10.0. The van der Waals surface area contributed by atoms with Gasteiger partial charge in [0.2, 0.25) is 0 Å². The normalized spacial score (nSPS) is 11.2. The molecule has 224 valence electrons. The van der Waals surface area contributed by atoms with E-state index in [2.05, 4.69) is 10.3 Å². The monoisotopic (exact) mass is 629 g/mol. The van der Waals surface area contributed by atoms with Crippen molar-refractivity contribution < 1.29 is 27.5 Å². The molecule has 0 atom stereocenters. The molecule has 1 N–H and O–H groups in total. The van der Waals surface area contributed by atoms with Gasteiger partial charge in [-0.15, -0.1) is 0 Å². The molecule has 1 amide bonds. The molecule has 0 fully saturated rings. The lowest BCUT2D eigenvalue weighted by Gasteiger charge is -2.23. The Morgan fingerprint density at radius 3 is 2.32 bits per heavy atom. The van der Waals surface area contributed by atoms with Crippen LogP contribution < -0.4 is 14.4 Å². The maximum atomic E-state index is 13.4. The molecule has 0 radical (unpaired) electrons. The summed E-state index contributed by atoms with van der Waals surface area (Å²) < 4.78 is 38.7. The summed E-state index contributed by atoms with van der Waals surface area (Å²) in [6.07, 6.45) is 0. The van der Waals surface area contributed by atoms with E-state index in [-0.39, 0.29) is 27.7 Å². The summed E-state index contributed by atoms with van der Waals surface area (Å²) in [5.74, 6) is -0.737. The molecule has 1 heterocycles. The smallest absolute Gasteiger partial charge is 0.339 e. The van der Waals surface area contributed by atoms with Gasteiger partial charge >= 0.3 is 5.97 Å². The van der Waals surface area contributed by atoms with Gasteiger partial charge in [-0.1, -0.05) is 48.0 Å². The van der Waals surface area contributed by atoms with Crippen molar-refractivity contribution in [1.82, 2.24) is 4.98 Å². The number of hydrogen-bond donors (Lipinski definition) is 1. The van der Waals surface area contributed by atoms with Crippen molar-refractivity contribution in [2.75, 3.05) is 29.9 Å². The number of halogens is 1. The topological polar surface area (TPSA) is 115 Å². The highest BCUT2D eigenvalue weighted by Gasteiger charge is 2.25. The standard InChI is InChI=1S/C33H28ClN3O6S/c1-3-37(23-9-5-4-6-10-23)44(40,41)25-17-18-28(34)31(19-25)36-32(38)21-43-33(39)27-20-30(22-13-15-24(42-2)16-14-22)35-29-12-8-7-11-26(27)29/h4-20H,3,21H2,1-2H3,(H,36,38). The highest BCUT2D eigenvalue weighted by Crippen LogP contribution is 2.30. The molecule has 4 aromatic carbocycles. The van der Waals surface area contributed by atoms with E-state index >= 15 is 0 Å². The Labute approximate surface area is 260 Å². The van der Waals surface area contributed by atoms with Crippen LogP contribution in [0.3, 0.4) is 0 Å². The quantitative estimate of drug-likeness (QED) is 0.174. The van der Waals surface area contributed by atoms with Gasteiger partial charge in [-0.2, -0.15) is 0 Å². The first-order valence-electron chi connectivity index (χ1n) is 13.6.